The minimum Gasteiger partial charge on any atom is -0.0861 e. The Morgan fingerprint density at radius 1 is 1.38 bits per heavy atom. The molecule has 1 fully saturated rings. The SMILES string of the molecule is [B]C[C@@H](C)C[C@H]1CCC[P@]1c1ccccc1. The number of rotatable bonds is 4. The van der Waals surface area contributed by atoms with E-state index in [1.165, 1.54) is 25.4 Å². The average Bonchev–Trinajstić information content (AvgIpc) is 2.78. The Labute approximate surface area is 102 Å². The molecule has 1 aromatic carbocycles. The van der Waals surface area contributed by atoms with Gasteiger partial charge in [0.25, 0.3) is 0 Å². The standard InChI is InChI=1S/C14H20BP/c1-12(11-15)10-14-8-5-9-16(14)13-6-3-2-4-7-13/h2-4,6-7,12,14H,5,8-11H2,1H3/t12-,14+,16+/m0/s1. The highest BCUT2D eigenvalue weighted by Crippen LogP contribution is 2.51. The van der Waals surface area contributed by atoms with Gasteiger partial charge in [-0.15, -0.1) is 0 Å². The van der Waals surface area contributed by atoms with Crippen molar-refractivity contribution in [3.63, 3.8) is 0 Å². The van der Waals surface area contributed by atoms with Crippen LogP contribution in [0.15, 0.2) is 30.3 Å². The van der Waals surface area contributed by atoms with Gasteiger partial charge in [-0.1, -0.05) is 57.4 Å². The molecule has 0 aliphatic carbocycles. The van der Waals surface area contributed by atoms with Gasteiger partial charge in [-0.25, -0.2) is 0 Å². The van der Waals surface area contributed by atoms with Crippen molar-refractivity contribution in [1.82, 2.24) is 0 Å². The van der Waals surface area contributed by atoms with Gasteiger partial charge in [0.2, 0.25) is 0 Å². The normalized spacial score (nSPS) is 26.8. The molecule has 16 heavy (non-hydrogen) atoms. The van der Waals surface area contributed by atoms with E-state index < -0.39 is 0 Å². The molecule has 1 saturated heterocycles. The van der Waals surface area contributed by atoms with Crippen molar-refractivity contribution in [1.29, 1.82) is 0 Å². The summed E-state index contributed by atoms with van der Waals surface area (Å²) in [6.45, 7) is 2.29. The van der Waals surface area contributed by atoms with Gasteiger partial charge in [-0.05, 0) is 36.4 Å². The van der Waals surface area contributed by atoms with E-state index in [1.54, 1.807) is 5.30 Å². The van der Waals surface area contributed by atoms with Crippen LogP contribution in [0, 0.1) is 5.92 Å². The lowest BCUT2D eigenvalue weighted by molar-refractivity contribution is 0.555. The minimum atomic E-state index is 0.103. The van der Waals surface area contributed by atoms with Gasteiger partial charge >= 0.3 is 0 Å². The van der Waals surface area contributed by atoms with E-state index in [2.05, 4.69) is 37.3 Å². The highest BCUT2D eigenvalue weighted by atomic mass is 31.1. The van der Waals surface area contributed by atoms with Gasteiger partial charge in [0.1, 0.15) is 0 Å². The molecule has 1 aliphatic heterocycles. The molecule has 0 nitrogen and oxygen atoms in total. The molecule has 0 bridgehead atoms. The highest BCUT2D eigenvalue weighted by molar-refractivity contribution is 7.66. The zero-order valence-electron chi connectivity index (χ0n) is 10.1. The quantitative estimate of drug-likeness (QED) is 0.547. The Kier molecular flexibility index (Phi) is 4.47. The van der Waals surface area contributed by atoms with Crippen LogP contribution in [0.25, 0.3) is 0 Å². The van der Waals surface area contributed by atoms with Gasteiger partial charge in [-0.3, -0.25) is 0 Å². The molecule has 1 heterocycles. The molecule has 2 rings (SSSR count). The summed E-state index contributed by atoms with van der Waals surface area (Å²) in [6, 6.07) is 11.1. The Morgan fingerprint density at radius 3 is 2.81 bits per heavy atom. The zero-order valence-corrected chi connectivity index (χ0v) is 11.0. The molecule has 0 N–H and O–H groups in total. The van der Waals surface area contributed by atoms with Gasteiger partial charge in [0.15, 0.2) is 0 Å². The Bertz CT molecular complexity index is 312. The minimum absolute atomic E-state index is 0.103. The molecule has 0 amide bonds. The third kappa shape index (κ3) is 2.89. The molecule has 2 radical (unpaired) electrons. The van der Waals surface area contributed by atoms with Crippen LogP contribution in [0.3, 0.4) is 0 Å². The lowest BCUT2D eigenvalue weighted by Crippen LogP contribution is -2.13. The lowest BCUT2D eigenvalue weighted by atomic mass is 9.89. The maximum atomic E-state index is 5.74. The predicted molar refractivity (Wildman–Crippen MR) is 75.2 cm³/mol. The van der Waals surface area contributed by atoms with Crippen LogP contribution in [-0.4, -0.2) is 19.7 Å². The monoisotopic (exact) mass is 230 g/mol. The van der Waals surface area contributed by atoms with E-state index >= 15 is 0 Å². The van der Waals surface area contributed by atoms with Crippen molar-refractivity contribution in [2.24, 2.45) is 5.92 Å². The van der Waals surface area contributed by atoms with Crippen molar-refractivity contribution in [3.05, 3.63) is 30.3 Å². The third-order valence-electron chi connectivity index (χ3n) is 3.54. The van der Waals surface area contributed by atoms with Crippen LogP contribution in [0.1, 0.15) is 26.2 Å². The summed E-state index contributed by atoms with van der Waals surface area (Å²) in [6.07, 6.45) is 6.44. The molecular weight excluding hydrogens is 210 g/mol. The second-order valence-electron chi connectivity index (χ2n) is 4.90. The fraction of sp³-hybridized carbons (Fsp3) is 0.571. The molecule has 0 saturated carbocycles. The van der Waals surface area contributed by atoms with Crippen LogP contribution < -0.4 is 5.30 Å². The average molecular weight is 230 g/mol. The van der Waals surface area contributed by atoms with E-state index in [-0.39, 0.29) is 7.92 Å². The zero-order chi connectivity index (χ0) is 11.4. The third-order valence-corrected chi connectivity index (χ3v) is 6.65. The Hall–Kier alpha value is -0.285. The number of hydrogen-bond acceptors (Lipinski definition) is 0. The van der Waals surface area contributed by atoms with Crippen LogP contribution in [0.2, 0.25) is 6.32 Å². The first-order valence-corrected chi connectivity index (χ1v) is 7.92. The largest absolute Gasteiger partial charge is 0.0861 e. The summed E-state index contributed by atoms with van der Waals surface area (Å²) in [4.78, 5) is 0. The van der Waals surface area contributed by atoms with Crippen molar-refractivity contribution in [3.8, 4) is 0 Å². The topological polar surface area (TPSA) is 0 Å². The summed E-state index contributed by atoms with van der Waals surface area (Å²) in [5.74, 6) is 0.691. The molecule has 84 valence electrons. The van der Waals surface area contributed by atoms with Crippen molar-refractivity contribution >= 4 is 21.1 Å². The van der Waals surface area contributed by atoms with Gasteiger partial charge in [0, 0.05) is 0 Å². The molecule has 0 aromatic heterocycles. The van der Waals surface area contributed by atoms with E-state index in [9.17, 15) is 0 Å². The molecule has 1 aliphatic rings. The summed E-state index contributed by atoms with van der Waals surface area (Å²) >= 11 is 0. The molecule has 1 aromatic rings. The van der Waals surface area contributed by atoms with Crippen LogP contribution in [-0.2, 0) is 0 Å². The second kappa shape index (κ2) is 5.87. The lowest BCUT2D eigenvalue weighted by Gasteiger charge is -2.23. The first-order valence-electron chi connectivity index (χ1n) is 6.33. The van der Waals surface area contributed by atoms with Crippen molar-refractivity contribution in [2.45, 2.75) is 38.2 Å². The van der Waals surface area contributed by atoms with Crippen molar-refractivity contribution < 1.29 is 0 Å². The smallest absolute Gasteiger partial charge is 0.0656 e. The Morgan fingerprint density at radius 2 is 2.12 bits per heavy atom. The van der Waals surface area contributed by atoms with Gasteiger partial charge < -0.3 is 0 Å². The molecule has 0 spiro atoms. The first kappa shape index (κ1) is 12.2. The van der Waals surface area contributed by atoms with E-state index in [0.717, 1.165) is 12.0 Å². The second-order valence-corrected chi connectivity index (χ2v) is 7.54. The summed E-state index contributed by atoms with van der Waals surface area (Å²) in [5.41, 5.74) is 0.927. The summed E-state index contributed by atoms with van der Waals surface area (Å²) < 4.78 is 0. The first-order chi connectivity index (χ1) is 7.81. The molecule has 3 atom stereocenters. The van der Waals surface area contributed by atoms with Gasteiger partial charge in [-0.2, -0.15) is 0 Å². The summed E-state index contributed by atoms with van der Waals surface area (Å²) in [5, 5.41) is 1.60. The van der Waals surface area contributed by atoms with E-state index in [0.29, 0.717) is 5.92 Å². The number of benzene rings is 1. The maximum absolute atomic E-state index is 5.74. The summed E-state index contributed by atoms with van der Waals surface area (Å²) in [7, 11) is 5.84. The number of hydrogen-bond donors (Lipinski definition) is 0. The van der Waals surface area contributed by atoms with Crippen LogP contribution in [0.5, 0.6) is 0 Å². The van der Waals surface area contributed by atoms with E-state index in [1.807, 2.05) is 0 Å². The maximum Gasteiger partial charge on any atom is 0.0656 e. The van der Waals surface area contributed by atoms with E-state index in [4.69, 9.17) is 7.85 Å². The highest BCUT2D eigenvalue weighted by Gasteiger charge is 2.28. The predicted octanol–water partition coefficient (Wildman–Crippen LogP) is 3.57. The fourth-order valence-electron chi connectivity index (χ4n) is 2.60. The Balaban J connectivity index is 2.04. The van der Waals surface area contributed by atoms with Crippen LogP contribution in [0.4, 0.5) is 0 Å². The van der Waals surface area contributed by atoms with Crippen LogP contribution >= 0.6 is 7.92 Å². The van der Waals surface area contributed by atoms with Gasteiger partial charge in [0.05, 0.1) is 7.85 Å². The fourth-order valence-corrected chi connectivity index (χ4v) is 5.83. The molecule has 0 unspecified atom stereocenters. The van der Waals surface area contributed by atoms with Crippen molar-refractivity contribution in [2.75, 3.05) is 6.16 Å². The molecule has 2 heteroatoms. The molecular formula is C14H20BP.